The van der Waals surface area contributed by atoms with Gasteiger partial charge in [-0.15, -0.1) is 11.3 Å². The van der Waals surface area contributed by atoms with Crippen molar-refractivity contribution in [1.82, 2.24) is 15.2 Å². The number of benzene rings is 1. The topological polar surface area (TPSA) is 43.8 Å². The highest BCUT2D eigenvalue weighted by molar-refractivity contribution is 7.09. The maximum absolute atomic E-state index is 4.47. The summed E-state index contributed by atoms with van der Waals surface area (Å²) in [6.07, 6.45) is 0. The van der Waals surface area contributed by atoms with Gasteiger partial charge in [-0.2, -0.15) is 0 Å². The Balaban J connectivity index is 1.59. The Morgan fingerprint density at radius 3 is 2.60 bits per heavy atom. The van der Waals surface area contributed by atoms with E-state index >= 15 is 0 Å². The van der Waals surface area contributed by atoms with Crippen molar-refractivity contribution in [3.05, 3.63) is 45.4 Å². The van der Waals surface area contributed by atoms with Gasteiger partial charge in [-0.25, -0.2) is 4.98 Å². The normalized spacial score (nSPS) is 15.6. The van der Waals surface area contributed by atoms with Crippen LogP contribution in [0.4, 0.5) is 5.69 Å². The van der Waals surface area contributed by atoms with E-state index in [9.17, 15) is 0 Å². The molecular weight excluding hydrogens is 330 g/mol. The maximum atomic E-state index is 4.47. The molecule has 6 heteroatoms. The van der Waals surface area contributed by atoms with E-state index in [1.165, 1.54) is 21.7 Å². The Hall–Kier alpha value is -2.08. The lowest BCUT2D eigenvalue weighted by atomic mass is 10.1. The van der Waals surface area contributed by atoms with Gasteiger partial charge in [-0.05, 0) is 38.0 Å². The average molecular weight is 358 g/mol. The summed E-state index contributed by atoms with van der Waals surface area (Å²) < 4.78 is 0. The summed E-state index contributed by atoms with van der Waals surface area (Å²) in [5.41, 5.74) is 7.12. The number of hydrogen-bond donors (Lipinski definition) is 1. The van der Waals surface area contributed by atoms with Crippen molar-refractivity contribution >= 4 is 23.0 Å². The number of guanidine groups is 1. The average Bonchev–Trinajstić information content (AvgIpc) is 3.04. The second-order valence-corrected chi connectivity index (χ2v) is 7.39. The van der Waals surface area contributed by atoms with Crippen LogP contribution in [0.1, 0.15) is 21.7 Å². The fourth-order valence-electron chi connectivity index (χ4n) is 3.22. The van der Waals surface area contributed by atoms with Gasteiger partial charge in [0.1, 0.15) is 0 Å². The van der Waals surface area contributed by atoms with Gasteiger partial charge < -0.3 is 15.1 Å². The Morgan fingerprint density at radius 1 is 1.20 bits per heavy atom. The predicted molar refractivity (Wildman–Crippen MR) is 107 cm³/mol. The number of aliphatic imine (C=N–C) groups is 1. The molecule has 1 aliphatic rings. The van der Waals surface area contributed by atoms with E-state index in [1.807, 2.05) is 12.6 Å². The van der Waals surface area contributed by atoms with Gasteiger partial charge >= 0.3 is 0 Å². The minimum absolute atomic E-state index is 0.792. The summed E-state index contributed by atoms with van der Waals surface area (Å²) in [4.78, 5) is 14.9. The van der Waals surface area contributed by atoms with E-state index in [0.29, 0.717) is 0 Å². The zero-order valence-electron chi connectivity index (χ0n) is 15.5. The van der Waals surface area contributed by atoms with Crippen molar-refractivity contribution in [2.45, 2.75) is 27.3 Å². The van der Waals surface area contributed by atoms with Crippen molar-refractivity contribution in [3.63, 3.8) is 0 Å². The Morgan fingerprint density at radius 2 is 1.96 bits per heavy atom. The first-order valence-electron chi connectivity index (χ1n) is 8.76. The summed E-state index contributed by atoms with van der Waals surface area (Å²) in [6, 6.07) is 6.57. The van der Waals surface area contributed by atoms with Crippen molar-refractivity contribution in [2.24, 2.45) is 4.99 Å². The number of nitrogens with zero attached hydrogens (tertiary/aromatic N) is 4. The standard InChI is InChI=1S/C19H27N5S/c1-14-6-5-7-17(15(14)2)23-8-10-24(11-9-23)19(20-4)21-12-18-16(3)22-13-25-18/h5-7,13H,8-12H2,1-4H3,(H,20,21). The van der Waals surface area contributed by atoms with Gasteiger partial charge in [-0.3, -0.25) is 4.99 Å². The number of aryl methyl sites for hydroxylation is 2. The minimum atomic E-state index is 0.792. The van der Waals surface area contributed by atoms with Crippen molar-refractivity contribution < 1.29 is 0 Å². The van der Waals surface area contributed by atoms with Gasteiger partial charge in [-0.1, -0.05) is 12.1 Å². The zero-order valence-corrected chi connectivity index (χ0v) is 16.4. The Bertz CT molecular complexity index is 744. The number of piperazine rings is 1. The molecule has 0 unspecified atom stereocenters. The lowest BCUT2D eigenvalue weighted by molar-refractivity contribution is 0.372. The zero-order chi connectivity index (χ0) is 17.8. The molecule has 2 aromatic rings. The molecule has 0 saturated carbocycles. The maximum Gasteiger partial charge on any atom is 0.194 e. The number of hydrogen-bond acceptors (Lipinski definition) is 4. The molecule has 0 radical (unpaired) electrons. The molecule has 1 aliphatic heterocycles. The van der Waals surface area contributed by atoms with Gasteiger partial charge in [0, 0.05) is 43.8 Å². The van der Waals surface area contributed by atoms with Crippen LogP contribution in [0.2, 0.25) is 0 Å². The fourth-order valence-corrected chi connectivity index (χ4v) is 3.94. The van der Waals surface area contributed by atoms with E-state index in [1.54, 1.807) is 11.3 Å². The minimum Gasteiger partial charge on any atom is -0.368 e. The van der Waals surface area contributed by atoms with Crippen LogP contribution in [0.3, 0.4) is 0 Å². The Kier molecular flexibility index (Phi) is 5.58. The Labute approximate surface area is 154 Å². The highest BCUT2D eigenvalue weighted by atomic mass is 32.1. The summed E-state index contributed by atoms with van der Waals surface area (Å²) in [6.45, 7) is 11.2. The summed E-state index contributed by atoms with van der Waals surface area (Å²) in [5.74, 6) is 0.980. The number of aromatic nitrogens is 1. The molecule has 1 saturated heterocycles. The molecule has 1 fully saturated rings. The van der Waals surface area contributed by atoms with Gasteiger partial charge in [0.05, 0.1) is 17.7 Å². The van der Waals surface area contributed by atoms with Crippen molar-refractivity contribution in [1.29, 1.82) is 0 Å². The van der Waals surface area contributed by atoms with Crippen LogP contribution in [0.25, 0.3) is 0 Å². The van der Waals surface area contributed by atoms with E-state index in [2.05, 4.69) is 64.1 Å². The molecule has 1 aromatic heterocycles. The number of rotatable bonds is 3. The highest BCUT2D eigenvalue weighted by Crippen LogP contribution is 2.23. The van der Waals surface area contributed by atoms with Crippen LogP contribution in [-0.4, -0.2) is 49.1 Å². The first-order valence-corrected chi connectivity index (χ1v) is 9.64. The smallest absolute Gasteiger partial charge is 0.194 e. The van der Waals surface area contributed by atoms with Crippen LogP contribution in [0.5, 0.6) is 0 Å². The summed E-state index contributed by atoms with van der Waals surface area (Å²) in [5, 5.41) is 3.49. The van der Waals surface area contributed by atoms with Gasteiger partial charge in [0.25, 0.3) is 0 Å². The van der Waals surface area contributed by atoms with Crippen LogP contribution in [-0.2, 0) is 6.54 Å². The molecule has 2 heterocycles. The lowest BCUT2D eigenvalue weighted by Crippen LogP contribution is -2.52. The summed E-state index contributed by atoms with van der Waals surface area (Å²) >= 11 is 1.69. The molecule has 5 nitrogen and oxygen atoms in total. The van der Waals surface area contributed by atoms with Crippen molar-refractivity contribution in [3.8, 4) is 0 Å². The molecule has 1 aromatic carbocycles. The molecule has 25 heavy (non-hydrogen) atoms. The molecule has 1 N–H and O–H groups in total. The molecule has 0 amide bonds. The fraction of sp³-hybridized carbons (Fsp3) is 0.474. The van der Waals surface area contributed by atoms with E-state index in [4.69, 9.17) is 0 Å². The SMILES string of the molecule is CN=C(NCc1scnc1C)N1CCN(c2cccc(C)c2C)CC1. The lowest BCUT2D eigenvalue weighted by Gasteiger charge is -2.38. The number of thiazole rings is 1. The highest BCUT2D eigenvalue weighted by Gasteiger charge is 2.21. The molecule has 0 spiro atoms. The predicted octanol–water partition coefficient (Wildman–Crippen LogP) is 2.97. The number of anilines is 1. The van der Waals surface area contributed by atoms with Crippen LogP contribution >= 0.6 is 11.3 Å². The molecular formula is C19H27N5S. The van der Waals surface area contributed by atoms with E-state index in [-0.39, 0.29) is 0 Å². The first kappa shape index (κ1) is 17.7. The van der Waals surface area contributed by atoms with Gasteiger partial charge in [0.15, 0.2) is 5.96 Å². The van der Waals surface area contributed by atoms with Crippen LogP contribution < -0.4 is 10.2 Å². The second-order valence-electron chi connectivity index (χ2n) is 6.45. The monoisotopic (exact) mass is 357 g/mol. The second kappa shape index (κ2) is 7.87. The van der Waals surface area contributed by atoms with Crippen LogP contribution in [0, 0.1) is 20.8 Å². The quantitative estimate of drug-likeness (QED) is 0.677. The first-order chi connectivity index (χ1) is 12.1. The molecule has 0 aliphatic carbocycles. The molecule has 3 rings (SSSR count). The summed E-state index contributed by atoms with van der Waals surface area (Å²) in [7, 11) is 1.86. The van der Waals surface area contributed by atoms with Gasteiger partial charge in [0.2, 0.25) is 0 Å². The van der Waals surface area contributed by atoms with Crippen molar-refractivity contribution in [2.75, 3.05) is 38.1 Å². The molecule has 0 atom stereocenters. The third-order valence-electron chi connectivity index (χ3n) is 4.96. The van der Waals surface area contributed by atoms with Crippen LogP contribution in [0.15, 0.2) is 28.7 Å². The third-order valence-corrected chi connectivity index (χ3v) is 5.89. The third kappa shape index (κ3) is 3.95. The molecule has 0 bridgehead atoms. The van der Waals surface area contributed by atoms with E-state index < -0.39 is 0 Å². The largest absolute Gasteiger partial charge is 0.368 e. The van der Waals surface area contributed by atoms with E-state index in [0.717, 1.165) is 44.4 Å². The number of nitrogens with one attached hydrogen (secondary N) is 1. The molecule has 134 valence electrons.